The van der Waals surface area contributed by atoms with E-state index in [1.807, 2.05) is 14.0 Å². The first-order chi connectivity index (χ1) is 22.2. The highest BCUT2D eigenvalue weighted by atomic mass is 19.1. The number of carbonyl (C=O) groups excluding carboxylic acids is 1. The standard InChI is InChI=1S/C33H31F2N7O4/c1-3-4-5-14-41-18-25(32(44)42(33(41)45)24-9-6-22(34)7-10-24)31(43)39-23-8-11-29(26(35)16-23)46-30-15-21(17-37-27(30)12-13-36)28-19-40(2)20-38-28/h6-11,13,15-20,36H,3-5,12,14H2,1-2H3,(H,39,43). The van der Waals surface area contributed by atoms with E-state index >= 15 is 4.39 Å². The lowest BCUT2D eigenvalue weighted by Crippen LogP contribution is -2.42. The monoisotopic (exact) mass is 627 g/mol. The molecular weight excluding hydrogens is 596 g/mol. The third-order valence-corrected chi connectivity index (χ3v) is 7.12. The molecule has 3 aromatic heterocycles. The molecule has 0 saturated heterocycles. The maximum absolute atomic E-state index is 15.3. The molecule has 5 aromatic rings. The van der Waals surface area contributed by atoms with Crippen LogP contribution in [0.4, 0.5) is 14.5 Å². The van der Waals surface area contributed by atoms with Crippen LogP contribution in [-0.4, -0.2) is 35.8 Å². The summed E-state index contributed by atoms with van der Waals surface area (Å²) in [6, 6.07) is 10.2. The van der Waals surface area contributed by atoms with E-state index < -0.39 is 28.8 Å². The quantitative estimate of drug-likeness (QED) is 0.139. The van der Waals surface area contributed by atoms with Crippen molar-refractivity contribution in [1.29, 1.82) is 5.41 Å². The second-order valence-electron chi connectivity index (χ2n) is 10.5. The summed E-state index contributed by atoms with van der Waals surface area (Å²) in [6.45, 7) is 2.26. The Labute approximate surface area is 262 Å². The van der Waals surface area contributed by atoms with Crippen LogP contribution in [-0.2, 0) is 20.0 Å². The molecule has 0 unspecified atom stereocenters. The van der Waals surface area contributed by atoms with E-state index in [4.69, 9.17) is 10.1 Å². The number of nitrogens with one attached hydrogen (secondary N) is 2. The highest BCUT2D eigenvalue weighted by Crippen LogP contribution is 2.31. The topological polar surface area (TPSA) is 137 Å². The van der Waals surface area contributed by atoms with E-state index in [9.17, 15) is 18.8 Å². The Hall–Kier alpha value is -5.72. The Kier molecular flexibility index (Phi) is 9.60. The van der Waals surface area contributed by atoms with Crippen molar-refractivity contribution in [2.45, 2.75) is 39.2 Å². The van der Waals surface area contributed by atoms with Crippen LogP contribution < -0.4 is 21.3 Å². The number of imidazole rings is 1. The molecule has 2 N–H and O–H groups in total. The predicted octanol–water partition coefficient (Wildman–Crippen LogP) is 5.50. The molecule has 0 aliphatic heterocycles. The summed E-state index contributed by atoms with van der Waals surface area (Å²) in [6.07, 6.45) is 9.87. The van der Waals surface area contributed by atoms with E-state index in [-0.39, 0.29) is 41.4 Å². The van der Waals surface area contributed by atoms with Gasteiger partial charge in [0.1, 0.15) is 17.1 Å². The van der Waals surface area contributed by atoms with Gasteiger partial charge >= 0.3 is 5.69 Å². The molecule has 0 fully saturated rings. The van der Waals surface area contributed by atoms with Gasteiger partial charge in [-0.2, -0.15) is 0 Å². The lowest BCUT2D eigenvalue weighted by atomic mass is 10.1. The third-order valence-electron chi connectivity index (χ3n) is 7.12. The first-order valence-corrected chi connectivity index (χ1v) is 14.6. The van der Waals surface area contributed by atoms with E-state index in [1.54, 1.807) is 29.4 Å². The van der Waals surface area contributed by atoms with Gasteiger partial charge in [0, 0.05) is 62.1 Å². The van der Waals surface area contributed by atoms with Crippen molar-refractivity contribution >= 4 is 17.8 Å². The van der Waals surface area contributed by atoms with E-state index in [1.165, 1.54) is 35.0 Å². The van der Waals surface area contributed by atoms with Crippen LogP contribution >= 0.6 is 0 Å². The molecule has 0 bridgehead atoms. The van der Waals surface area contributed by atoms with Gasteiger partial charge in [0.2, 0.25) is 0 Å². The summed E-state index contributed by atoms with van der Waals surface area (Å²) in [5.41, 5.74) is -0.0990. The van der Waals surface area contributed by atoms with Gasteiger partial charge in [-0.1, -0.05) is 19.8 Å². The summed E-state index contributed by atoms with van der Waals surface area (Å²) in [4.78, 5) is 48.6. The Morgan fingerprint density at radius 1 is 1.02 bits per heavy atom. The van der Waals surface area contributed by atoms with Gasteiger partial charge in [0.25, 0.3) is 11.5 Å². The van der Waals surface area contributed by atoms with E-state index in [0.29, 0.717) is 23.4 Å². The smallest absolute Gasteiger partial charge is 0.335 e. The van der Waals surface area contributed by atoms with Crippen LogP contribution in [0.3, 0.4) is 0 Å². The molecule has 0 atom stereocenters. The molecule has 1 amide bonds. The second-order valence-corrected chi connectivity index (χ2v) is 10.5. The minimum Gasteiger partial charge on any atom is -0.452 e. The predicted molar refractivity (Wildman–Crippen MR) is 169 cm³/mol. The van der Waals surface area contributed by atoms with Crippen LogP contribution in [0.2, 0.25) is 0 Å². The molecule has 0 spiro atoms. The number of pyridine rings is 1. The van der Waals surface area contributed by atoms with Crippen molar-refractivity contribution in [3.8, 4) is 28.4 Å². The molecule has 236 valence electrons. The first kappa shape index (κ1) is 31.7. The molecule has 3 heterocycles. The average Bonchev–Trinajstić information content (AvgIpc) is 3.47. The molecule has 0 aliphatic carbocycles. The zero-order valence-electron chi connectivity index (χ0n) is 25.2. The number of unbranched alkanes of at least 4 members (excludes halogenated alkanes) is 2. The van der Waals surface area contributed by atoms with Gasteiger partial charge in [-0.3, -0.25) is 19.1 Å². The number of anilines is 1. The van der Waals surface area contributed by atoms with Crippen molar-refractivity contribution < 1.29 is 18.3 Å². The number of hydrogen-bond acceptors (Lipinski definition) is 7. The fourth-order valence-corrected chi connectivity index (χ4v) is 4.76. The Morgan fingerprint density at radius 2 is 1.80 bits per heavy atom. The minimum absolute atomic E-state index is 0.0337. The van der Waals surface area contributed by atoms with Crippen molar-refractivity contribution in [2.24, 2.45) is 7.05 Å². The largest absolute Gasteiger partial charge is 0.452 e. The number of hydrogen-bond donors (Lipinski definition) is 2. The van der Waals surface area contributed by atoms with Gasteiger partial charge in [-0.15, -0.1) is 0 Å². The van der Waals surface area contributed by atoms with Crippen LogP contribution in [0, 0.1) is 17.0 Å². The molecule has 46 heavy (non-hydrogen) atoms. The van der Waals surface area contributed by atoms with Crippen LogP contribution in [0.1, 0.15) is 42.2 Å². The molecule has 2 aromatic carbocycles. The number of nitrogens with zero attached hydrogens (tertiary/aromatic N) is 5. The number of amides is 1. The maximum Gasteiger partial charge on any atom is 0.335 e. The van der Waals surface area contributed by atoms with Gasteiger partial charge in [-0.05, 0) is 48.9 Å². The summed E-state index contributed by atoms with van der Waals surface area (Å²) in [7, 11) is 1.83. The van der Waals surface area contributed by atoms with Crippen molar-refractivity contribution in [1.82, 2.24) is 23.7 Å². The summed E-state index contributed by atoms with van der Waals surface area (Å²) < 4.78 is 38.6. The fourth-order valence-electron chi connectivity index (χ4n) is 4.76. The normalized spacial score (nSPS) is 11.0. The number of aromatic nitrogens is 5. The Morgan fingerprint density at radius 3 is 2.48 bits per heavy atom. The first-order valence-electron chi connectivity index (χ1n) is 14.6. The van der Waals surface area contributed by atoms with Crippen LogP contribution in [0.15, 0.2) is 83.0 Å². The highest BCUT2D eigenvalue weighted by molar-refractivity contribution is 6.03. The van der Waals surface area contributed by atoms with Gasteiger partial charge in [0.05, 0.1) is 23.4 Å². The molecule has 5 rings (SSSR count). The molecule has 11 nitrogen and oxygen atoms in total. The van der Waals surface area contributed by atoms with Crippen LogP contribution in [0.5, 0.6) is 11.5 Å². The lowest BCUT2D eigenvalue weighted by Gasteiger charge is -2.14. The number of benzene rings is 2. The van der Waals surface area contributed by atoms with Crippen molar-refractivity contribution in [3.05, 3.63) is 117 Å². The van der Waals surface area contributed by atoms with E-state index in [2.05, 4.69) is 15.3 Å². The Balaban J connectivity index is 1.43. The lowest BCUT2D eigenvalue weighted by molar-refractivity contribution is 0.102. The average molecular weight is 628 g/mol. The van der Waals surface area contributed by atoms with Gasteiger partial charge in [0.15, 0.2) is 11.6 Å². The molecule has 0 radical (unpaired) electrons. The Bertz CT molecular complexity index is 2020. The van der Waals surface area contributed by atoms with Crippen molar-refractivity contribution in [3.63, 3.8) is 0 Å². The summed E-state index contributed by atoms with van der Waals surface area (Å²) in [5, 5.41) is 10.0. The molecule has 0 saturated carbocycles. The third kappa shape index (κ3) is 6.98. The van der Waals surface area contributed by atoms with E-state index in [0.717, 1.165) is 41.8 Å². The fraction of sp³-hybridized carbons (Fsp3) is 0.212. The van der Waals surface area contributed by atoms with Gasteiger partial charge in [-0.25, -0.2) is 23.1 Å². The zero-order valence-corrected chi connectivity index (χ0v) is 25.2. The minimum atomic E-state index is -0.903. The van der Waals surface area contributed by atoms with Crippen molar-refractivity contribution in [2.75, 3.05) is 5.32 Å². The zero-order chi connectivity index (χ0) is 32.8. The SMILES string of the molecule is CCCCCn1cc(C(=O)Nc2ccc(Oc3cc(-c4cn(C)cn4)cnc3CC=N)c(F)c2)c(=O)n(-c2ccc(F)cc2)c1=O. The maximum atomic E-state index is 15.3. The van der Waals surface area contributed by atoms with Gasteiger partial charge < -0.3 is 20.0 Å². The second kappa shape index (κ2) is 13.9. The number of ether oxygens (including phenoxy) is 1. The molecule has 13 heteroatoms. The van der Waals surface area contributed by atoms with Crippen LogP contribution in [0.25, 0.3) is 16.9 Å². The number of rotatable bonds is 12. The highest BCUT2D eigenvalue weighted by Gasteiger charge is 2.20. The number of carbonyl (C=O) groups is 1. The molecule has 0 aliphatic rings. The summed E-state index contributed by atoms with van der Waals surface area (Å²) in [5.74, 6) is -2.15. The summed E-state index contributed by atoms with van der Waals surface area (Å²) >= 11 is 0. The number of aryl methyl sites for hydroxylation is 2. The molecular formula is C33H31F2N7O4. The number of halogens is 2.